The quantitative estimate of drug-likeness (QED) is 0.705. The van der Waals surface area contributed by atoms with Crippen LogP contribution in [0.5, 0.6) is 0 Å². The molecule has 1 aromatic carbocycles. The molecule has 6 nitrogen and oxygen atoms in total. The monoisotopic (exact) mass is 357 g/mol. The first kappa shape index (κ1) is 16.9. The molecule has 0 atom stereocenters. The number of nitrogens with one attached hydrogen (secondary N) is 1. The number of aliphatic imine (C=N–C) groups is 1. The number of aromatic nitrogens is 2. The SMILES string of the molecule is N/C=C1/C(=O)NCCC1=Nc1ccnc(Cc2cnc3ccccc3c2)c1. The Bertz CT molecular complexity index is 1070. The second-order valence-corrected chi connectivity index (χ2v) is 6.36. The van der Waals surface area contributed by atoms with Crippen molar-refractivity contribution in [1.29, 1.82) is 0 Å². The summed E-state index contributed by atoms with van der Waals surface area (Å²) >= 11 is 0. The van der Waals surface area contributed by atoms with E-state index in [0.717, 1.165) is 27.8 Å². The van der Waals surface area contributed by atoms with Crippen molar-refractivity contribution >= 4 is 28.2 Å². The number of fused-ring (bicyclic) bond motifs is 1. The minimum absolute atomic E-state index is 0.181. The van der Waals surface area contributed by atoms with Crippen molar-refractivity contribution in [1.82, 2.24) is 15.3 Å². The molecule has 0 spiro atoms. The number of carbonyl (C=O) groups is 1. The molecule has 1 aliphatic rings. The zero-order valence-electron chi connectivity index (χ0n) is 14.7. The lowest BCUT2D eigenvalue weighted by atomic mass is 10.0. The summed E-state index contributed by atoms with van der Waals surface area (Å²) in [6.45, 7) is 0.565. The minimum atomic E-state index is -0.181. The van der Waals surface area contributed by atoms with E-state index in [2.05, 4.69) is 32.4 Å². The second kappa shape index (κ2) is 7.37. The van der Waals surface area contributed by atoms with Crippen LogP contribution in [0.1, 0.15) is 17.7 Å². The zero-order valence-corrected chi connectivity index (χ0v) is 14.7. The van der Waals surface area contributed by atoms with Crippen LogP contribution in [-0.4, -0.2) is 28.1 Å². The van der Waals surface area contributed by atoms with Crippen molar-refractivity contribution in [2.75, 3.05) is 6.54 Å². The summed E-state index contributed by atoms with van der Waals surface area (Å²) in [7, 11) is 0. The van der Waals surface area contributed by atoms with Crippen molar-refractivity contribution in [3.05, 3.63) is 77.9 Å². The number of amides is 1. The molecule has 0 aliphatic carbocycles. The van der Waals surface area contributed by atoms with E-state index in [0.29, 0.717) is 30.7 Å². The molecule has 6 heteroatoms. The van der Waals surface area contributed by atoms with Gasteiger partial charge in [-0.15, -0.1) is 0 Å². The molecule has 1 amide bonds. The van der Waals surface area contributed by atoms with E-state index < -0.39 is 0 Å². The number of benzene rings is 1. The standard InChI is InChI=1S/C21H19N5O/c22-12-18-20(6-8-24-21(18)27)26-16-5-7-23-17(11-16)10-14-9-15-3-1-2-4-19(15)25-13-14/h1-5,7,9,11-13H,6,8,10,22H2,(H,24,27)/b18-12+,26-20?. The Kier molecular flexibility index (Phi) is 4.61. The fourth-order valence-electron chi connectivity index (χ4n) is 3.15. The summed E-state index contributed by atoms with van der Waals surface area (Å²) in [5, 5.41) is 3.88. The minimum Gasteiger partial charge on any atom is -0.404 e. The third-order valence-corrected chi connectivity index (χ3v) is 4.47. The van der Waals surface area contributed by atoms with Gasteiger partial charge in [0, 0.05) is 49.1 Å². The molecule has 1 saturated heterocycles. The summed E-state index contributed by atoms with van der Waals surface area (Å²) in [5.41, 5.74) is 10.4. The van der Waals surface area contributed by atoms with Gasteiger partial charge in [-0.05, 0) is 29.8 Å². The average Bonchev–Trinajstić information content (AvgIpc) is 2.68. The van der Waals surface area contributed by atoms with Crippen molar-refractivity contribution in [3.8, 4) is 0 Å². The van der Waals surface area contributed by atoms with Gasteiger partial charge < -0.3 is 11.1 Å². The fraction of sp³-hybridized carbons (Fsp3) is 0.143. The topological polar surface area (TPSA) is 93.3 Å². The highest BCUT2D eigenvalue weighted by Gasteiger charge is 2.20. The largest absolute Gasteiger partial charge is 0.404 e. The van der Waals surface area contributed by atoms with E-state index >= 15 is 0 Å². The number of para-hydroxylation sites is 1. The van der Waals surface area contributed by atoms with Crippen LogP contribution in [-0.2, 0) is 11.2 Å². The summed E-state index contributed by atoms with van der Waals surface area (Å²) in [6, 6.07) is 13.9. The van der Waals surface area contributed by atoms with Crippen LogP contribution in [0.4, 0.5) is 5.69 Å². The average molecular weight is 357 g/mol. The van der Waals surface area contributed by atoms with Crippen LogP contribution in [0.3, 0.4) is 0 Å². The Morgan fingerprint density at radius 1 is 1.19 bits per heavy atom. The lowest BCUT2D eigenvalue weighted by molar-refractivity contribution is -0.117. The molecule has 134 valence electrons. The molecular formula is C21H19N5O. The Morgan fingerprint density at radius 2 is 2.07 bits per heavy atom. The molecule has 0 unspecified atom stereocenters. The maximum atomic E-state index is 11.9. The molecule has 4 rings (SSSR count). The van der Waals surface area contributed by atoms with Crippen LogP contribution in [0.25, 0.3) is 10.9 Å². The van der Waals surface area contributed by atoms with Gasteiger partial charge in [-0.3, -0.25) is 19.8 Å². The molecule has 0 bridgehead atoms. The first-order valence-corrected chi connectivity index (χ1v) is 8.79. The van der Waals surface area contributed by atoms with Gasteiger partial charge in [-0.25, -0.2) is 0 Å². The van der Waals surface area contributed by atoms with E-state index in [9.17, 15) is 4.79 Å². The fourth-order valence-corrected chi connectivity index (χ4v) is 3.15. The second-order valence-electron chi connectivity index (χ2n) is 6.36. The predicted octanol–water partition coefficient (Wildman–Crippen LogP) is 2.66. The van der Waals surface area contributed by atoms with Gasteiger partial charge in [-0.1, -0.05) is 18.2 Å². The zero-order chi connectivity index (χ0) is 18.6. The van der Waals surface area contributed by atoms with Gasteiger partial charge in [0.15, 0.2) is 0 Å². The van der Waals surface area contributed by atoms with Crippen LogP contribution in [0.2, 0.25) is 0 Å². The predicted molar refractivity (Wildman–Crippen MR) is 106 cm³/mol. The maximum Gasteiger partial charge on any atom is 0.254 e. The summed E-state index contributed by atoms with van der Waals surface area (Å²) < 4.78 is 0. The van der Waals surface area contributed by atoms with Gasteiger partial charge in [0.25, 0.3) is 5.91 Å². The molecule has 3 aromatic rings. The molecule has 3 N–H and O–H groups in total. The van der Waals surface area contributed by atoms with Crippen LogP contribution in [0, 0.1) is 0 Å². The lowest BCUT2D eigenvalue weighted by Crippen LogP contribution is -2.36. The number of nitrogens with two attached hydrogens (primary N) is 1. The summed E-state index contributed by atoms with van der Waals surface area (Å²) in [5.74, 6) is -0.181. The number of hydrogen-bond donors (Lipinski definition) is 2. The van der Waals surface area contributed by atoms with Crippen molar-refractivity contribution in [2.45, 2.75) is 12.8 Å². The number of nitrogens with zero attached hydrogens (tertiary/aromatic N) is 3. The highest BCUT2D eigenvalue weighted by molar-refractivity contribution is 6.23. The van der Waals surface area contributed by atoms with E-state index in [-0.39, 0.29) is 5.91 Å². The lowest BCUT2D eigenvalue weighted by Gasteiger charge is -2.17. The van der Waals surface area contributed by atoms with Crippen molar-refractivity contribution < 1.29 is 4.79 Å². The normalized spacial score (nSPS) is 17.4. The van der Waals surface area contributed by atoms with Gasteiger partial charge in [0.1, 0.15) is 0 Å². The molecule has 2 aromatic heterocycles. The Labute approximate surface area is 156 Å². The van der Waals surface area contributed by atoms with Crippen LogP contribution in [0.15, 0.2) is 71.6 Å². The van der Waals surface area contributed by atoms with Crippen LogP contribution < -0.4 is 11.1 Å². The molecule has 27 heavy (non-hydrogen) atoms. The van der Waals surface area contributed by atoms with Gasteiger partial charge in [0.2, 0.25) is 0 Å². The van der Waals surface area contributed by atoms with Crippen LogP contribution >= 0.6 is 0 Å². The number of pyridine rings is 2. The summed E-state index contributed by atoms with van der Waals surface area (Å²) in [4.78, 5) is 25.5. The third kappa shape index (κ3) is 3.69. The molecule has 1 aliphatic heterocycles. The Balaban J connectivity index is 1.60. The van der Waals surface area contributed by atoms with Gasteiger partial charge in [-0.2, -0.15) is 0 Å². The van der Waals surface area contributed by atoms with E-state index in [4.69, 9.17) is 5.73 Å². The number of rotatable bonds is 3. The highest BCUT2D eigenvalue weighted by atomic mass is 16.1. The molecule has 0 radical (unpaired) electrons. The Hall–Kier alpha value is -3.54. The van der Waals surface area contributed by atoms with E-state index in [1.165, 1.54) is 6.20 Å². The Morgan fingerprint density at radius 3 is 2.96 bits per heavy atom. The molecule has 1 fully saturated rings. The van der Waals surface area contributed by atoms with E-state index in [1.54, 1.807) is 6.20 Å². The maximum absolute atomic E-state index is 11.9. The smallest absolute Gasteiger partial charge is 0.254 e. The van der Waals surface area contributed by atoms with Crippen molar-refractivity contribution in [2.24, 2.45) is 10.7 Å². The molecule has 3 heterocycles. The number of carbonyl (C=O) groups excluding carboxylic acids is 1. The van der Waals surface area contributed by atoms with Crippen molar-refractivity contribution in [3.63, 3.8) is 0 Å². The number of piperidine rings is 1. The summed E-state index contributed by atoms with van der Waals surface area (Å²) in [6.07, 6.45) is 6.25. The first-order chi connectivity index (χ1) is 13.2. The van der Waals surface area contributed by atoms with E-state index in [1.807, 2.05) is 36.5 Å². The highest BCUT2D eigenvalue weighted by Crippen LogP contribution is 2.20. The first-order valence-electron chi connectivity index (χ1n) is 8.79. The van der Waals surface area contributed by atoms with Gasteiger partial charge in [0.05, 0.1) is 22.5 Å². The molecule has 0 saturated carbocycles. The third-order valence-electron chi connectivity index (χ3n) is 4.47. The molecular weight excluding hydrogens is 338 g/mol. The number of hydrogen-bond acceptors (Lipinski definition) is 5. The van der Waals surface area contributed by atoms with Gasteiger partial charge >= 0.3 is 0 Å².